The number of hydrogen-bond acceptors (Lipinski definition) is 5. The first-order valence-corrected chi connectivity index (χ1v) is 10.1. The van der Waals surface area contributed by atoms with Crippen LogP contribution in [0.2, 0.25) is 0 Å². The van der Waals surface area contributed by atoms with Crippen LogP contribution in [0.25, 0.3) is 11.0 Å². The molecule has 4 rings (SSSR count). The molecular weight excluding hydrogens is 360 g/mol. The Balaban J connectivity index is 1.47. The van der Waals surface area contributed by atoms with Crippen LogP contribution in [0.5, 0.6) is 0 Å². The van der Waals surface area contributed by atoms with Crippen LogP contribution in [0.15, 0.2) is 46.2 Å². The molecule has 0 unspecified atom stereocenters. The topological polar surface area (TPSA) is 86.4 Å². The van der Waals surface area contributed by atoms with Gasteiger partial charge in [-0.2, -0.15) is 4.31 Å². The molecule has 2 aromatic heterocycles. The molecule has 130 valence electrons. The summed E-state index contributed by atoms with van der Waals surface area (Å²) < 4.78 is 26.9. The number of aromatic nitrogens is 2. The highest BCUT2D eigenvalue weighted by Gasteiger charge is 2.31. The zero-order chi connectivity index (χ0) is 17.4. The number of nitrogens with zero attached hydrogens (tertiary/aromatic N) is 3. The molecule has 0 radical (unpaired) electrons. The van der Waals surface area contributed by atoms with E-state index in [4.69, 9.17) is 0 Å². The van der Waals surface area contributed by atoms with Crippen molar-refractivity contribution in [1.29, 1.82) is 0 Å². The van der Waals surface area contributed by atoms with E-state index in [1.807, 2.05) is 0 Å². The standard InChI is InChI=1S/C16H16N4O3S2/c21-16(12-3-4-13-14(10-12)18-11-17-13)19-5-7-20(8-6-19)25(22,23)15-2-1-9-24-15/h1-4,9-11H,5-8H2,(H,17,18). The molecule has 1 aliphatic rings. The van der Waals surface area contributed by atoms with Crippen LogP contribution in [0, 0.1) is 0 Å². The highest BCUT2D eigenvalue weighted by atomic mass is 32.2. The van der Waals surface area contributed by atoms with E-state index in [2.05, 4.69) is 9.97 Å². The second-order valence-electron chi connectivity index (χ2n) is 5.76. The molecule has 7 nitrogen and oxygen atoms in total. The van der Waals surface area contributed by atoms with E-state index in [0.717, 1.165) is 11.0 Å². The minimum Gasteiger partial charge on any atom is -0.345 e. The zero-order valence-corrected chi connectivity index (χ0v) is 14.9. The molecule has 3 heterocycles. The quantitative estimate of drug-likeness (QED) is 0.755. The lowest BCUT2D eigenvalue weighted by atomic mass is 10.1. The third kappa shape index (κ3) is 2.94. The third-order valence-electron chi connectivity index (χ3n) is 4.28. The van der Waals surface area contributed by atoms with Crippen LogP contribution in [0.4, 0.5) is 0 Å². The second kappa shape index (κ2) is 6.25. The van der Waals surface area contributed by atoms with Gasteiger partial charge in [0.2, 0.25) is 0 Å². The van der Waals surface area contributed by atoms with Crippen molar-refractivity contribution in [2.45, 2.75) is 4.21 Å². The largest absolute Gasteiger partial charge is 0.345 e. The van der Waals surface area contributed by atoms with Gasteiger partial charge in [0.25, 0.3) is 15.9 Å². The summed E-state index contributed by atoms with van der Waals surface area (Å²) in [6, 6.07) is 8.66. The van der Waals surface area contributed by atoms with E-state index in [1.54, 1.807) is 46.9 Å². The number of thiophene rings is 1. The van der Waals surface area contributed by atoms with Crippen LogP contribution in [0.1, 0.15) is 10.4 Å². The fourth-order valence-corrected chi connectivity index (χ4v) is 5.49. The van der Waals surface area contributed by atoms with Crippen LogP contribution in [-0.4, -0.2) is 59.7 Å². The Hall–Kier alpha value is -2.23. The van der Waals surface area contributed by atoms with E-state index < -0.39 is 10.0 Å². The van der Waals surface area contributed by atoms with Gasteiger partial charge in [-0.05, 0) is 29.6 Å². The molecule has 9 heteroatoms. The number of carbonyl (C=O) groups excluding carboxylic acids is 1. The number of aromatic amines is 1. The van der Waals surface area contributed by atoms with E-state index in [-0.39, 0.29) is 5.91 Å². The third-order valence-corrected chi connectivity index (χ3v) is 7.55. The summed E-state index contributed by atoms with van der Waals surface area (Å²) >= 11 is 1.21. The van der Waals surface area contributed by atoms with E-state index in [0.29, 0.717) is 36.0 Å². The van der Waals surface area contributed by atoms with Crippen molar-refractivity contribution in [3.8, 4) is 0 Å². The van der Waals surface area contributed by atoms with Crippen molar-refractivity contribution < 1.29 is 13.2 Å². The van der Waals surface area contributed by atoms with Gasteiger partial charge in [0.1, 0.15) is 4.21 Å². The number of benzene rings is 1. The van der Waals surface area contributed by atoms with Crippen LogP contribution >= 0.6 is 11.3 Å². The zero-order valence-electron chi connectivity index (χ0n) is 13.3. The number of fused-ring (bicyclic) bond motifs is 1. The number of amides is 1. The maximum absolute atomic E-state index is 12.7. The molecule has 0 atom stereocenters. The molecule has 1 aliphatic heterocycles. The van der Waals surface area contributed by atoms with E-state index in [1.165, 1.54) is 15.6 Å². The Morgan fingerprint density at radius 1 is 1.16 bits per heavy atom. The molecule has 25 heavy (non-hydrogen) atoms. The summed E-state index contributed by atoms with van der Waals surface area (Å²) in [5.74, 6) is -0.0929. The molecule has 1 N–H and O–H groups in total. The predicted octanol–water partition coefficient (Wildman–Crippen LogP) is 1.77. The predicted molar refractivity (Wildman–Crippen MR) is 95.1 cm³/mol. The fraction of sp³-hybridized carbons (Fsp3) is 0.250. The smallest absolute Gasteiger partial charge is 0.254 e. The molecule has 1 saturated heterocycles. The Kier molecular flexibility index (Phi) is 4.06. The van der Waals surface area contributed by atoms with Gasteiger partial charge in [0.15, 0.2) is 0 Å². The Morgan fingerprint density at radius 2 is 1.96 bits per heavy atom. The van der Waals surface area contributed by atoms with Gasteiger partial charge < -0.3 is 9.88 Å². The Morgan fingerprint density at radius 3 is 2.68 bits per heavy atom. The number of piperazine rings is 1. The molecule has 0 aliphatic carbocycles. The SMILES string of the molecule is O=C(c1ccc2nc[nH]c2c1)N1CCN(S(=O)(=O)c2cccs2)CC1. The average molecular weight is 376 g/mol. The molecule has 1 amide bonds. The minimum atomic E-state index is -3.45. The lowest BCUT2D eigenvalue weighted by Gasteiger charge is -2.33. The Bertz CT molecular complexity index is 1000. The van der Waals surface area contributed by atoms with Gasteiger partial charge in [-0.3, -0.25) is 4.79 Å². The lowest BCUT2D eigenvalue weighted by Crippen LogP contribution is -2.50. The summed E-state index contributed by atoms with van der Waals surface area (Å²) in [6.07, 6.45) is 1.59. The van der Waals surface area contributed by atoms with Crippen molar-refractivity contribution in [1.82, 2.24) is 19.2 Å². The van der Waals surface area contributed by atoms with Gasteiger partial charge in [0.05, 0.1) is 17.4 Å². The van der Waals surface area contributed by atoms with Crippen molar-refractivity contribution in [2.24, 2.45) is 0 Å². The summed E-state index contributed by atoms with van der Waals surface area (Å²) in [6.45, 7) is 1.37. The molecule has 1 fully saturated rings. The minimum absolute atomic E-state index is 0.0929. The normalized spacial score (nSPS) is 16.4. The summed E-state index contributed by atoms with van der Waals surface area (Å²) in [5, 5.41) is 1.75. The van der Waals surface area contributed by atoms with Gasteiger partial charge >= 0.3 is 0 Å². The summed E-state index contributed by atoms with van der Waals surface area (Å²) in [5.41, 5.74) is 2.19. The fourth-order valence-electron chi connectivity index (χ4n) is 2.92. The second-order valence-corrected chi connectivity index (χ2v) is 8.88. The van der Waals surface area contributed by atoms with Crippen LogP contribution in [0.3, 0.4) is 0 Å². The number of carbonyl (C=O) groups is 1. The maximum atomic E-state index is 12.7. The van der Waals surface area contributed by atoms with Crippen molar-refractivity contribution in [3.05, 3.63) is 47.6 Å². The van der Waals surface area contributed by atoms with E-state index >= 15 is 0 Å². The molecule has 3 aromatic rings. The number of H-pyrrole nitrogens is 1. The van der Waals surface area contributed by atoms with Crippen molar-refractivity contribution in [2.75, 3.05) is 26.2 Å². The molecule has 1 aromatic carbocycles. The first kappa shape index (κ1) is 16.2. The van der Waals surface area contributed by atoms with Crippen molar-refractivity contribution in [3.63, 3.8) is 0 Å². The maximum Gasteiger partial charge on any atom is 0.254 e. The van der Waals surface area contributed by atoms with Gasteiger partial charge in [0, 0.05) is 31.7 Å². The monoisotopic (exact) mass is 376 g/mol. The molecule has 0 spiro atoms. The summed E-state index contributed by atoms with van der Waals surface area (Å²) in [7, 11) is -3.45. The van der Waals surface area contributed by atoms with Crippen LogP contribution in [-0.2, 0) is 10.0 Å². The Labute approximate surface area is 149 Å². The van der Waals surface area contributed by atoms with Gasteiger partial charge in [-0.1, -0.05) is 6.07 Å². The first-order chi connectivity index (χ1) is 12.1. The molecular formula is C16H16N4O3S2. The van der Waals surface area contributed by atoms with E-state index in [9.17, 15) is 13.2 Å². The van der Waals surface area contributed by atoms with Crippen molar-refractivity contribution >= 4 is 38.3 Å². The van der Waals surface area contributed by atoms with Gasteiger partial charge in [-0.15, -0.1) is 11.3 Å². The highest BCUT2D eigenvalue weighted by molar-refractivity contribution is 7.91. The lowest BCUT2D eigenvalue weighted by molar-refractivity contribution is 0.0698. The number of rotatable bonds is 3. The van der Waals surface area contributed by atoms with Crippen LogP contribution < -0.4 is 0 Å². The highest BCUT2D eigenvalue weighted by Crippen LogP contribution is 2.22. The summed E-state index contributed by atoms with van der Waals surface area (Å²) in [4.78, 5) is 21.5. The molecule has 0 bridgehead atoms. The van der Waals surface area contributed by atoms with Gasteiger partial charge in [-0.25, -0.2) is 13.4 Å². The number of sulfonamides is 1. The average Bonchev–Trinajstić information content (AvgIpc) is 3.32. The number of imidazole rings is 1. The molecule has 0 saturated carbocycles. The number of hydrogen-bond donors (Lipinski definition) is 1. The number of nitrogens with one attached hydrogen (secondary N) is 1. The first-order valence-electron chi connectivity index (χ1n) is 7.82.